The number of hydrogen-bond acceptors (Lipinski definition) is 7. The van der Waals surface area contributed by atoms with Gasteiger partial charge >= 0.3 is 6.09 Å². The summed E-state index contributed by atoms with van der Waals surface area (Å²) in [4.78, 5) is 60.5. The molecule has 2 aliphatic heterocycles. The first kappa shape index (κ1) is 38.3. The molecule has 3 atom stereocenters. The Morgan fingerprint density at radius 3 is 2.37 bits per heavy atom. The Morgan fingerprint density at radius 1 is 1.02 bits per heavy atom. The Morgan fingerprint density at radius 2 is 1.73 bits per heavy atom. The number of nitrogens with zero attached hydrogens (tertiary/aromatic N) is 3. The number of ketones is 1. The normalized spacial score (nSPS) is 20.6. The van der Waals surface area contributed by atoms with Gasteiger partial charge < -0.3 is 28.9 Å². The van der Waals surface area contributed by atoms with Gasteiger partial charge in [0.2, 0.25) is 5.91 Å². The van der Waals surface area contributed by atoms with Gasteiger partial charge in [-0.25, -0.2) is 4.79 Å². The Hall–Kier alpha value is -3.92. The summed E-state index contributed by atoms with van der Waals surface area (Å²) in [5, 5.41) is 0. The molecule has 3 amide bonds. The molecule has 0 unspecified atom stereocenters. The first-order chi connectivity index (χ1) is 24.2. The summed E-state index contributed by atoms with van der Waals surface area (Å²) >= 11 is 0. The van der Waals surface area contributed by atoms with Gasteiger partial charge in [-0.05, 0) is 109 Å². The Balaban J connectivity index is 1.37. The van der Waals surface area contributed by atoms with Crippen molar-refractivity contribution in [3.63, 3.8) is 0 Å². The van der Waals surface area contributed by atoms with Crippen LogP contribution in [0.4, 0.5) is 16.2 Å². The second-order valence-electron chi connectivity index (χ2n) is 15.9. The van der Waals surface area contributed by atoms with Crippen molar-refractivity contribution in [1.29, 1.82) is 0 Å². The van der Waals surface area contributed by atoms with Crippen molar-refractivity contribution in [2.75, 3.05) is 43.2 Å². The SMILES string of the molecule is CC[C@H](CCCC(=O)[C@H]1C[C@@H](C(=O)N(c2ccc3c(c2)N(CCCOC)C(=O)C(C)(C)O3)C2CC2)CN(C(=O)OC(C)(C)C)C1)c1ccccc1. The fourth-order valence-electron chi connectivity index (χ4n) is 7.39. The number of Topliss-reactive ketones (excluding diaryl/α,β-unsaturated/α-hetero) is 1. The predicted octanol–water partition coefficient (Wildman–Crippen LogP) is 7.53. The first-order valence-electron chi connectivity index (χ1n) is 18.7. The second-order valence-corrected chi connectivity index (χ2v) is 15.9. The monoisotopic (exact) mass is 703 g/mol. The van der Waals surface area contributed by atoms with Gasteiger partial charge in [-0.1, -0.05) is 37.3 Å². The third-order valence-electron chi connectivity index (χ3n) is 10.2. The third-order valence-corrected chi connectivity index (χ3v) is 10.2. The third kappa shape index (κ3) is 9.50. The highest BCUT2D eigenvalue weighted by Crippen LogP contribution is 2.43. The molecule has 0 N–H and O–H groups in total. The number of piperidine rings is 1. The van der Waals surface area contributed by atoms with E-state index in [9.17, 15) is 19.2 Å². The zero-order valence-corrected chi connectivity index (χ0v) is 31.6. The van der Waals surface area contributed by atoms with Gasteiger partial charge in [0.05, 0.1) is 11.6 Å². The number of ether oxygens (including phenoxy) is 3. The van der Waals surface area contributed by atoms with E-state index in [0.717, 1.165) is 32.1 Å². The van der Waals surface area contributed by atoms with Crippen LogP contribution in [0.3, 0.4) is 0 Å². The lowest BCUT2D eigenvalue weighted by atomic mass is 9.83. The Kier molecular flexibility index (Phi) is 12.2. The van der Waals surface area contributed by atoms with Gasteiger partial charge in [0.25, 0.3) is 5.91 Å². The van der Waals surface area contributed by atoms with Crippen LogP contribution in [0.15, 0.2) is 48.5 Å². The van der Waals surface area contributed by atoms with E-state index >= 15 is 0 Å². The number of carbonyl (C=O) groups excluding carboxylic acids is 4. The molecule has 278 valence electrons. The van der Waals surface area contributed by atoms with Crippen molar-refractivity contribution in [3.8, 4) is 5.75 Å². The molecule has 2 aromatic carbocycles. The fourth-order valence-corrected chi connectivity index (χ4v) is 7.39. The van der Waals surface area contributed by atoms with Crippen molar-refractivity contribution in [2.24, 2.45) is 11.8 Å². The highest BCUT2D eigenvalue weighted by molar-refractivity contribution is 6.04. The van der Waals surface area contributed by atoms with Crippen LogP contribution in [0.1, 0.15) is 104 Å². The first-order valence-corrected chi connectivity index (χ1v) is 18.7. The largest absolute Gasteiger partial charge is 0.476 e. The number of rotatable bonds is 14. The van der Waals surface area contributed by atoms with E-state index in [1.165, 1.54) is 5.56 Å². The number of amides is 3. The van der Waals surface area contributed by atoms with Gasteiger partial charge in [0.15, 0.2) is 5.60 Å². The second kappa shape index (κ2) is 16.2. The van der Waals surface area contributed by atoms with E-state index in [1.54, 1.807) is 30.8 Å². The average Bonchev–Trinajstić information content (AvgIpc) is 3.93. The number of benzene rings is 2. The number of fused-ring (bicyclic) bond motifs is 1. The van der Waals surface area contributed by atoms with Gasteiger partial charge in [-0.2, -0.15) is 0 Å². The van der Waals surface area contributed by atoms with Crippen molar-refractivity contribution < 1.29 is 33.4 Å². The molecular weight excluding hydrogens is 646 g/mol. The number of anilines is 2. The molecule has 5 rings (SSSR count). The summed E-state index contributed by atoms with van der Waals surface area (Å²) < 4.78 is 17.1. The minimum absolute atomic E-state index is 0.00385. The van der Waals surface area contributed by atoms with E-state index < -0.39 is 29.1 Å². The highest BCUT2D eigenvalue weighted by Gasteiger charge is 2.45. The molecule has 2 fully saturated rings. The molecule has 1 aliphatic carbocycles. The summed E-state index contributed by atoms with van der Waals surface area (Å²) in [6.07, 6.45) is 5.26. The van der Waals surface area contributed by atoms with Crippen molar-refractivity contribution in [2.45, 2.75) is 116 Å². The summed E-state index contributed by atoms with van der Waals surface area (Å²) in [5.74, 6) is -0.271. The molecule has 1 saturated carbocycles. The molecular formula is C41H57N3O7. The maximum Gasteiger partial charge on any atom is 0.410 e. The molecule has 0 radical (unpaired) electrons. The smallest absolute Gasteiger partial charge is 0.410 e. The average molecular weight is 704 g/mol. The molecule has 0 bridgehead atoms. The molecule has 2 aromatic rings. The highest BCUT2D eigenvalue weighted by atomic mass is 16.6. The predicted molar refractivity (Wildman–Crippen MR) is 198 cm³/mol. The summed E-state index contributed by atoms with van der Waals surface area (Å²) in [6.45, 7) is 12.5. The van der Waals surface area contributed by atoms with Crippen LogP contribution in [-0.4, -0.2) is 79.2 Å². The van der Waals surface area contributed by atoms with Gasteiger partial charge in [0, 0.05) is 57.4 Å². The van der Waals surface area contributed by atoms with Crippen molar-refractivity contribution in [1.82, 2.24) is 4.90 Å². The van der Waals surface area contributed by atoms with E-state index in [-0.39, 0.29) is 36.7 Å². The zero-order chi connectivity index (χ0) is 36.9. The van der Waals surface area contributed by atoms with Gasteiger partial charge in [-0.15, -0.1) is 0 Å². The molecule has 51 heavy (non-hydrogen) atoms. The molecule has 2 heterocycles. The summed E-state index contributed by atoms with van der Waals surface area (Å²) in [7, 11) is 1.64. The van der Waals surface area contributed by atoms with E-state index in [1.807, 2.05) is 49.9 Å². The number of hydrogen-bond donors (Lipinski definition) is 0. The topological polar surface area (TPSA) is 106 Å². The van der Waals surface area contributed by atoms with E-state index in [4.69, 9.17) is 14.2 Å². The molecule has 10 heteroatoms. The van der Waals surface area contributed by atoms with Gasteiger partial charge in [-0.3, -0.25) is 14.4 Å². The lowest BCUT2D eigenvalue weighted by Gasteiger charge is -2.40. The van der Waals surface area contributed by atoms with Crippen LogP contribution >= 0.6 is 0 Å². The van der Waals surface area contributed by atoms with Crippen molar-refractivity contribution >= 4 is 35.1 Å². The minimum Gasteiger partial charge on any atom is -0.476 e. The molecule has 0 spiro atoms. The summed E-state index contributed by atoms with van der Waals surface area (Å²) in [5.41, 5.74) is 0.845. The van der Waals surface area contributed by atoms with Crippen LogP contribution in [0.25, 0.3) is 0 Å². The molecule has 1 saturated heterocycles. The van der Waals surface area contributed by atoms with E-state index in [2.05, 4.69) is 31.2 Å². The Labute approximate surface area is 303 Å². The van der Waals surface area contributed by atoms with Crippen LogP contribution in [-0.2, 0) is 23.9 Å². The van der Waals surface area contributed by atoms with Crippen LogP contribution < -0.4 is 14.5 Å². The molecule has 10 nitrogen and oxygen atoms in total. The maximum atomic E-state index is 14.6. The van der Waals surface area contributed by atoms with Gasteiger partial charge in [0.1, 0.15) is 17.1 Å². The standard InChI is InChI=1S/C41H57N3O7/c1-8-28(29-14-10-9-11-15-29)16-12-17-35(45)30-24-31(27-42(26-30)39(48)51-40(2,3)4)37(46)44(32-18-19-32)33-20-21-36-34(25-33)43(22-13-23-49-7)38(47)41(5,6)50-36/h9-11,14-15,20-21,25,28,30-32H,8,12-13,16-19,22-24,26-27H2,1-7H3/t28-,30+,31-/m1/s1. The number of carbonyl (C=O) groups is 4. The molecule has 3 aliphatic rings. The minimum atomic E-state index is -1.03. The number of likely N-dealkylation sites (tertiary alicyclic amines) is 1. The van der Waals surface area contributed by atoms with Crippen LogP contribution in [0, 0.1) is 11.8 Å². The maximum absolute atomic E-state index is 14.6. The lowest BCUT2D eigenvalue weighted by molar-refractivity contribution is -0.132. The summed E-state index contributed by atoms with van der Waals surface area (Å²) in [6, 6.07) is 16.0. The van der Waals surface area contributed by atoms with Crippen LogP contribution in [0.2, 0.25) is 0 Å². The lowest BCUT2D eigenvalue weighted by Crippen LogP contribution is -2.53. The quantitative estimate of drug-likeness (QED) is 0.187. The van der Waals surface area contributed by atoms with Crippen LogP contribution in [0.5, 0.6) is 5.75 Å². The fraction of sp³-hybridized carbons (Fsp3) is 0.610. The molecule has 0 aromatic heterocycles. The van der Waals surface area contributed by atoms with E-state index in [0.29, 0.717) is 55.5 Å². The number of methoxy groups -OCH3 is 1. The zero-order valence-electron chi connectivity index (χ0n) is 31.6. The Bertz CT molecular complexity index is 1550. The van der Waals surface area contributed by atoms with Crippen molar-refractivity contribution in [3.05, 3.63) is 54.1 Å².